The molecule has 1 aliphatic carbocycles. The number of alkyl halides is 1. The topological polar surface area (TPSA) is 26.0 Å². The lowest BCUT2D eigenvalue weighted by molar-refractivity contribution is 0.219. The summed E-state index contributed by atoms with van der Waals surface area (Å²) in [7, 11) is 0. The summed E-state index contributed by atoms with van der Waals surface area (Å²) in [5.74, 6) is 0. The van der Waals surface area contributed by atoms with E-state index in [2.05, 4.69) is 6.08 Å². The number of nitrogens with two attached hydrogens (primary N) is 1. The molecule has 0 radical (unpaired) electrons. The largest absolute Gasteiger partial charge is 0.327 e. The van der Waals surface area contributed by atoms with Crippen LogP contribution in [0, 0.1) is 0 Å². The van der Waals surface area contributed by atoms with Gasteiger partial charge in [-0.1, -0.05) is 42.8 Å². The van der Waals surface area contributed by atoms with Gasteiger partial charge < -0.3 is 5.73 Å². The van der Waals surface area contributed by atoms with E-state index in [1.807, 2.05) is 30.3 Å². The van der Waals surface area contributed by atoms with Gasteiger partial charge in [-0.05, 0) is 36.8 Å². The zero-order valence-electron chi connectivity index (χ0n) is 10.2. The van der Waals surface area contributed by atoms with Gasteiger partial charge in [0.15, 0.2) is 5.67 Å². The fourth-order valence-electron chi connectivity index (χ4n) is 2.51. The van der Waals surface area contributed by atoms with Crippen molar-refractivity contribution in [2.45, 2.75) is 37.8 Å². The number of rotatable bonds is 3. The minimum absolute atomic E-state index is 0.0306. The lowest BCUT2D eigenvalue weighted by Crippen LogP contribution is -2.32. The van der Waals surface area contributed by atoms with Crippen LogP contribution in [-0.2, 0) is 5.67 Å². The Kier molecular flexibility index (Phi) is 3.95. The number of hydrogen-bond acceptors (Lipinski definition) is 1. The van der Waals surface area contributed by atoms with Crippen molar-refractivity contribution in [3.05, 3.63) is 47.5 Å². The zero-order valence-corrected chi connectivity index (χ0v) is 10.2. The third-order valence-electron chi connectivity index (χ3n) is 3.56. The van der Waals surface area contributed by atoms with Crippen molar-refractivity contribution in [2.75, 3.05) is 6.54 Å². The quantitative estimate of drug-likeness (QED) is 0.791. The van der Waals surface area contributed by atoms with Gasteiger partial charge in [0.25, 0.3) is 0 Å². The Morgan fingerprint density at radius 2 is 1.88 bits per heavy atom. The van der Waals surface area contributed by atoms with E-state index >= 15 is 4.39 Å². The molecule has 0 saturated heterocycles. The van der Waals surface area contributed by atoms with Crippen molar-refractivity contribution in [1.29, 1.82) is 0 Å². The van der Waals surface area contributed by atoms with E-state index in [1.54, 1.807) is 0 Å². The first-order valence-electron chi connectivity index (χ1n) is 6.41. The van der Waals surface area contributed by atoms with E-state index in [4.69, 9.17) is 5.73 Å². The minimum atomic E-state index is -1.47. The molecule has 17 heavy (non-hydrogen) atoms. The molecule has 1 unspecified atom stereocenters. The molecule has 1 aliphatic rings. The predicted molar refractivity (Wildman–Crippen MR) is 69.5 cm³/mol. The number of halogens is 1. The third kappa shape index (κ3) is 2.58. The molecule has 0 aliphatic heterocycles. The van der Waals surface area contributed by atoms with Crippen LogP contribution < -0.4 is 5.73 Å². The van der Waals surface area contributed by atoms with Crippen LogP contribution in [0.2, 0.25) is 0 Å². The monoisotopic (exact) mass is 233 g/mol. The van der Waals surface area contributed by atoms with Crippen LogP contribution in [0.4, 0.5) is 4.39 Å². The summed E-state index contributed by atoms with van der Waals surface area (Å²) in [6.07, 6.45) is 7.31. The molecule has 92 valence electrons. The molecule has 0 bridgehead atoms. The highest BCUT2D eigenvalue weighted by molar-refractivity contribution is 5.34. The molecule has 1 atom stereocenters. The smallest absolute Gasteiger partial charge is 0.169 e. The van der Waals surface area contributed by atoms with E-state index in [9.17, 15) is 0 Å². The number of benzene rings is 1. The molecule has 2 N–H and O–H groups in total. The van der Waals surface area contributed by atoms with Crippen LogP contribution in [0.1, 0.15) is 37.7 Å². The highest BCUT2D eigenvalue weighted by Crippen LogP contribution is 2.37. The normalized spacial score (nSPS) is 20.2. The Labute approximate surface area is 103 Å². The van der Waals surface area contributed by atoms with Crippen molar-refractivity contribution in [2.24, 2.45) is 5.73 Å². The molecule has 1 nitrogen and oxygen atoms in total. The van der Waals surface area contributed by atoms with Gasteiger partial charge in [0, 0.05) is 6.54 Å². The first-order chi connectivity index (χ1) is 8.27. The van der Waals surface area contributed by atoms with Gasteiger partial charge in [0.05, 0.1) is 0 Å². The lowest BCUT2D eigenvalue weighted by Gasteiger charge is -2.27. The van der Waals surface area contributed by atoms with Crippen molar-refractivity contribution >= 4 is 0 Å². The maximum atomic E-state index is 15.1. The first-order valence-corrected chi connectivity index (χ1v) is 6.41. The molecule has 0 amide bonds. The van der Waals surface area contributed by atoms with Crippen LogP contribution in [0.15, 0.2) is 42.0 Å². The van der Waals surface area contributed by atoms with Gasteiger partial charge in [-0.25, -0.2) is 4.39 Å². The molecule has 0 fully saturated rings. The standard InChI is InChI=1S/C15H20FN/c16-15(12-17,14-10-6-3-7-11-14)13-8-4-1-2-5-9-13/h3,6-8,10-11H,1-2,4-5,9,12,17H2. The van der Waals surface area contributed by atoms with Crippen molar-refractivity contribution in [1.82, 2.24) is 0 Å². The highest BCUT2D eigenvalue weighted by Gasteiger charge is 2.34. The van der Waals surface area contributed by atoms with Crippen LogP contribution in [0.3, 0.4) is 0 Å². The van der Waals surface area contributed by atoms with Crippen LogP contribution >= 0.6 is 0 Å². The molecule has 1 aromatic rings. The molecule has 0 aromatic heterocycles. The Balaban J connectivity index is 2.33. The number of hydrogen-bond donors (Lipinski definition) is 1. The van der Waals surface area contributed by atoms with Crippen molar-refractivity contribution in [3.8, 4) is 0 Å². The number of allylic oxidation sites excluding steroid dienone is 1. The molecular formula is C15H20FN. The Bertz CT molecular complexity index is 385. The lowest BCUT2D eigenvalue weighted by atomic mass is 9.85. The molecule has 2 rings (SSSR count). The van der Waals surface area contributed by atoms with Gasteiger partial charge >= 0.3 is 0 Å². The molecular weight excluding hydrogens is 213 g/mol. The minimum Gasteiger partial charge on any atom is -0.327 e. The summed E-state index contributed by atoms with van der Waals surface area (Å²) in [6.45, 7) is 0.0306. The van der Waals surface area contributed by atoms with Gasteiger partial charge in [0.1, 0.15) is 0 Å². The summed E-state index contributed by atoms with van der Waals surface area (Å²) in [6, 6.07) is 9.31. The van der Waals surface area contributed by atoms with E-state index in [0.717, 1.165) is 24.8 Å². The van der Waals surface area contributed by atoms with Gasteiger partial charge in [0.2, 0.25) is 0 Å². The molecule has 0 spiro atoms. The second-order valence-corrected chi connectivity index (χ2v) is 4.70. The van der Waals surface area contributed by atoms with E-state index in [-0.39, 0.29) is 6.54 Å². The second kappa shape index (κ2) is 5.46. The zero-order chi connectivity index (χ0) is 12.1. The maximum Gasteiger partial charge on any atom is 0.169 e. The Morgan fingerprint density at radius 1 is 1.12 bits per heavy atom. The SMILES string of the molecule is NCC(F)(C1=CCCCCC1)c1ccccc1. The van der Waals surface area contributed by atoms with Crippen LogP contribution in [0.25, 0.3) is 0 Å². The summed E-state index contributed by atoms with van der Waals surface area (Å²) in [5, 5.41) is 0. The third-order valence-corrected chi connectivity index (χ3v) is 3.56. The molecule has 0 saturated carbocycles. The predicted octanol–water partition coefficient (Wildman–Crippen LogP) is 3.70. The van der Waals surface area contributed by atoms with Crippen molar-refractivity contribution < 1.29 is 4.39 Å². The Hall–Kier alpha value is -1.15. The Morgan fingerprint density at radius 3 is 2.59 bits per heavy atom. The fraction of sp³-hybridized carbons (Fsp3) is 0.467. The van der Waals surface area contributed by atoms with E-state index in [1.165, 1.54) is 12.8 Å². The summed E-state index contributed by atoms with van der Waals surface area (Å²) in [5.41, 5.74) is 5.81. The van der Waals surface area contributed by atoms with Crippen LogP contribution in [0.5, 0.6) is 0 Å². The van der Waals surface area contributed by atoms with E-state index < -0.39 is 5.67 Å². The summed E-state index contributed by atoms with van der Waals surface area (Å²) >= 11 is 0. The molecule has 2 heteroatoms. The average Bonchev–Trinajstić information content (AvgIpc) is 2.68. The average molecular weight is 233 g/mol. The first kappa shape index (κ1) is 12.3. The van der Waals surface area contributed by atoms with Gasteiger partial charge in [-0.15, -0.1) is 0 Å². The fourth-order valence-corrected chi connectivity index (χ4v) is 2.51. The highest BCUT2D eigenvalue weighted by atomic mass is 19.1. The maximum absolute atomic E-state index is 15.1. The van der Waals surface area contributed by atoms with Gasteiger partial charge in [-0.2, -0.15) is 0 Å². The summed E-state index contributed by atoms with van der Waals surface area (Å²) < 4.78 is 15.1. The van der Waals surface area contributed by atoms with Crippen LogP contribution in [-0.4, -0.2) is 6.54 Å². The van der Waals surface area contributed by atoms with Gasteiger partial charge in [-0.3, -0.25) is 0 Å². The molecule has 1 aromatic carbocycles. The second-order valence-electron chi connectivity index (χ2n) is 4.70. The molecule has 0 heterocycles. The van der Waals surface area contributed by atoms with Crippen molar-refractivity contribution in [3.63, 3.8) is 0 Å². The van der Waals surface area contributed by atoms with E-state index in [0.29, 0.717) is 5.56 Å². The summed E-state index contributed by atoms with van der Waals surface area (Å²) in [4.78, 5) is 0.